The van der Waals surface area contributed by atoms with Gasteiger partial charge < -0.3 is 9.46 Å². The summed E-state index contributed by atoms with van der Waals surface area (Å²) in [6.07, 6.45) is 4.30. The number of carbonyl (C=O) groups excluding carboxylic acids is 1. The second kappa shape index (κ2) is 15.6. The quantitative estimate of drug-likeness (QED) is 0.107. The molecule has 0 aliphatic heterocycles. The smallest absolute Gasteiger partial charge is 0.264 e. The van der Waals surface area contributed by atoms with E-state index < -0.39 is 33.9 Å². The largest absolute Gasteiger partial charge is 0.346 e. The Balaban J connectivity index is 2.44. The highest BCUT2D eigenvalue weighted by Crippen LogP contribution is 2.48. The number of amides is 1. The van der Waals surface area contributed by atoms with Gasteiger partial charge in [-0.3, -0.25) is 17.8 Å². The number of hydrogen-bond donors (Lipinski definition) is 0. The molecule has 0 aliphatic carbocycles. The van der Waals surface area contributed by atoms with E-state index in [2.05, 4.69) is 9.17 Å². The van der Waals surface area contributed by atoms with Crippen molar-refractivity contribution in [2.75, 3.05) is 64.6 Å². The van der Waals surface area contributed by atoms with E-state index in [0.29, 0.717) is 19.4 Å². The highest BCUT2D eigenvalue weighted by atomic mass is 33.1. The van der Waals surface area contributed by atoms with Crippen LogP contribution in [0.2, 0.25) is 0 Å². The lowest BCUT2D eigenvalue weighted by atomic mass is 10.3. The normalized spacial score (nSPS) is 14.1. The van der Waals surface area contributed by atoms with Crippen molar-refractivity contribution < 1.29 is 34.6 Å². The number of hydrogen-bond acceptors (Lipinski definition) is 11. The molecule has 16 heteroatoms. The lowest BCUT2D eigenvalue weighted by molar-refractivity contribution is -0.129. The van der Waals surface area contributed by atoms with Crippen LogP contribution in [-0.2, 0) is 38.0 Å². The summed E-state index contributed by atoms with van der Waals surface area (Å²) < 4.78 is 69.4. The van der Waals surface area contributed by atoms with E-state index in [4.69, 9.17) is 4.18 Å². The SMILES string of the molecule is CN(CCCN(C)P(=O)(CCOS(C)(=O)=O)COS(C)(=O)=O)C(=O)CCCSSc1ccccn1. The Morgan fingerprint density at radius 3 is 2.34 bits per heavy atom. The topological polar surface area (TPSA) is 140 Å². The fourth-order valence-electron chi connectivity index (χ4n) is 2.66. The van der Waals surface area contributed by atoms with E-state index in [1.54, 1.807) is 46.8 Å². The third-order valence-electron chi connectivity index (χ3n) is 4.63. The number of nitrogens with zero attached hydrogens (tertiary/aromatic N) is 3. The van der Waals surface area contributed by atoms with Crippen LogP contribution >= 0.6 is 28.9 Å². The van der Waals surface area contributed by atoms with Crippen molar-refractivity contribution in [1.29, 1.82) is 0 Å². The van der Waals surface area contributed by atoms with Gasteiger partial charge in [-0.2, -0.15) is 16.8 Å². The standard InChI is InChI=1S/C19H34N3O8PS4/c1-21(19(23)10-7-16-32-33-18-9-5-6-11-20-18)12-8-13-22(2)31(24,17-30-35(4,27)28)15-14-29-34(3,25)26/h5-6,9,11H,7-8,10,12-17H2,1-4H3. The highest BCUT2D eigenvalue weighted by molar-refractivity contribution is 8.76. The van der Waals surface area contributed by atoms with Crippen LogP contribution in [0.15, 0.2) is 29.4 Å². The van der Waals surface area contributed by atoms with Crippen molar-refractivity contribution in [3.8, 4) is 0 Å². The second-order valence-corrected chi connectivity index (χ2v) is 16.6. The van der Waals surface area contributed by atoms with Crippen LogP contribution < -0.4 is 0 Å². The van der Waals surface area contributed by atoms with Gasteiger partial charge in [0.05, 0.1) is 19.1 Å². The molecule has 0 aliphatic rings. The fraction of sp³-hybridized carbons (Fsp3) is 0.684. The summed E-state index contributed by atoms with van der Waals surface area (Å²) in [7, 11) is -4.50. The van der Waals surface area contributed by atoms with Gasteiger partial charge in [0.1, 0.15) is 11.4 Å². The van der Waals surface area contributed by atoms with E-state index in [9.17, 15) is 26.2 Å². The summed E-state index contributed by atoms with van der Waals surface area (Å²) in [6.45, 7) is 0.353. The van der Waals surface area contributed by atoms with Crippen LogP contribution in [-0.4, -0.2) is 102 Å². The molecular formula is C19H34N3O8PS4. The molecular weight excluding hydrogens is 557 g/mol. The first-order valence-electron chi connectivity index (χ1n) is 10.6. The minimum Gasteiger partial charge on any atom is -0.346 e. The maximum Gasteiger partial charge on any atom is 0.264 e. The molecule has 1 amide bonds. The van der Waals surface area contributed by atoms with Gasteiger partial charge in [0.2, 0.25) is 5.91 Å². The van der Waals surface area contributed by atoms with Crippen LogP contribution in [0, 0.1) is 0 Å². The van der Waals surface area contributed by atoms with Crippen molar-refractivity contribution in [2.45, 2.75) is 24.3 Å². The maximum absolute atomic E-state index is 13.3. The molecule has 0 aromatic carbocycles. The van der Waals surface area contributed by atoms with Crippen molar-refractivity contribution in [3.05, 3.63) is 24.4 Å². The van der Waals surface area contributed by atoms with Crippen molar-refractivity contribution in [1.82, 2.24) is 14.6 Å². The van der Waals surface area contributed by atoms with Gasteiger partial charge in [-0.05, 0) is 42.8 Å². The zero-order valence-corrected chi connectivity index (χ0v) is 24.5. The van der Waals surface area contributed by atoms with E-state index in [1.807, 2.05) is 18.2 Å². The minimum absolute atomic E-state index is 0.00114. The molecule has 1 atom stereocenters. The first kappa shape index (κ1) is 32.4. The average molecular weight is 592 g/mol. The lowest BCUT2D eigenvalue weighted by Crippen LogP contribution is -2.30. The van der Waals surface area contributed by atoms with Crippen molar-refractivity contribution in [2.24, 2.45) is 0 Å². The molecule has 1 aromatic rings. The first-order valence-corrected chi connectivity index (χ1v) is 18.6. The van der Waals surface area contributed by atoms with Gasteiger partial charge in [0, 0.05) is 44.7 Å². The first-order chi connectivity index (χ1) is 16.2. The van der Waals surface area contributed by atoms with Gasteiger partial charge in [0.25, 0.3) is 20.2 Å². The number of carbonyl (C=O) groups is 1. The van der Waals surface area contributed by atoms with Crippen LogP contribution in [0.3, 0.4) is 0 Å². The van der Waals surface area contributed by atoms with Crippen LogP contribution in [0.4, 0.5) is 0 Å². The molecule has 35 heavy (non-hydrogen) atoms. The van der Waals surface area contributed by atoms with Crippen LogP contribution in [0.1, 0.15) is 19.3 Å². The van der Waals surface area contributed by atoms with E-state index >= 15 is 0 Å². The molecule has 1 rings (SSSR count). The summed E-state index contributed by atoms with van der Waals surface area (Å²) >= 11 is 0. The molecule has 1 unspecified atom stereocenters. The molecule has 202 valence electrons. The van der Waals surface area contributed by atoms with Crippen LogP contribution in [0.25, 0.3) is 0 Å². The summed E-state index contributed by atoms with van der Waals surface area (Å²) in [5, 5.41) is 0.923. The van der Waals surface area contributed by atoms with Gasteiger partial charge in [0.15, 0.2) is 7.29 Å². The van der Waals surface area contributed by atoms with Crippen molar-refractivity contribution >= 4 is 55.0 Å². The lowest BCUT2D eigenvalue weighted by Gasteiger charge is -2.28. The molecule has 11 nitrogen and oxygen atoms in total. The Bertz CT molecular complexity index is 1040. The monoisotopic (exact) mass is 591 g/mol. The zero-order valence-electron chi connectivity index (χ0n) is 20.4. The summed E-state index contributed by atoms with van der Waals surface area (Å²) in [5.41, 5.74) is 0. The molecule has 0 N–H and O–H groups in total. The van der Waals surface area contributed by atoms with Gasteiger partial charge in [-0.15, -0.1) is 0 Å². The summed E-state index contributed by atoms with van der Waals surface area (Å²) in [5.74, 6) is 0.809. The second-order valence-electron chi connectivity index (χ2n) is 7.77. The zero-order chi connectivity index (χ0) is 26.5. The fourth-order valence-corrected chi connectivity index (χ4v) is 8.11. The Morgan fingerprint density at radius 1 is 1.06 bits per heavy atom. The van der Waals surface area contributed by atoms with E-state index in [0.717, 1.165) is 29.7 Å². The van der Waals surface area contributed by atoms with E-state index in [1.165, 1.54) is 4.67 Å². The highest BCUT2D eigenvalue weighted by Gasteiger charge is 2.30. The molecule has 1 aromatic heterocycles. The van der Waals surface area contributed by atoms with Gasteiger partial charge in [-0.1, -0.05) is 16.9 Å². The molecule has 0 fully saturated rings. The summed E-state index contributed by atoms with van der Waals surface area (Å²) in [6, 6.07) is 5.71. The van der Waals surface area contributed by atoms with Crippen LogP contribution in [0.5, 0.6) is 0 Å². The van der Waals surface area contributed by atoms with Gasteiger partial charge in [-0.25, -0.2) is 4.98 Å². The Kier molecular flexibility index (Phi) is 14.4. The maximum atomic E-state index is 13.3. The third kappa shape index (κ3) is 15.2. The number of aromatic nitrogens is 1. The third-order valence-corrected chi connectivity index (χ3v) is 11.2. The summed E-state index contributed by atoms with van der Waals surface area (Å²) in [4.78, 5) is 18.2. The van der Waals surface area contributed by atoms with E-state index in [-0.39, 0.29) is 25.2 Å². The predicted octanol–water partition coefficient (Wildman–Crippen LogP) is 2.57. The molecule has 0 radical (unpaired) electrons. The minimum atomic E-state index is -3.84. The Labute approximate surface area is 216 Å². The molecule has 0 saturated carbocycles. The number of rotatable bonds is 18. The van der Waals surface area contributed by atoms with Gasteiger partial charge >= 0.3 is 0 Å². The molecule has 0 bridgehead atoms. The number of pyridine rings is 1. The predicted molar refractivity (Wildman–Crippen MR) is 141 cm³/mol. The van der Waals surface area contributed by atoms with Crippen molar-refractivity contribution in [3.63, 3.8) is 0 Å². The Morgan fingerprint density at radius 2 is 1.74 bits per heavy atom. The molecule has 1 heterocycles. The molecule has 0 spiro atoms. The Hall–Kier alpha value is -0.670. The molecule has 0 saturated heterocycles. The average Bonchev–Trinajstić information content (AvgIpc) is 2.76.